The lowest BCUT2D eigenvalue weighted by molar-refractivity contribution is -0.139. The predicted octanol–water partition coefficient (Wildman–Crippen LogP) is 3.98. The van der Waals surface area contributed by atoms with Gasteiger partial charge in [0, 0.05) is 17.3 Å². The van der Waals surface area contributed by atoms with E-state index in [2.05, 4.69) is 29.2 Å². The van der Waals surface area contributed by atoms with Gasteiger partial charge in [-0.3, -0.25) is 4.98 Å². The van der Waals surface area contributed by atoms with Crippen molar-refractivity contribution in [2.75, 3.05) is 6.61 Å². The third-order valence-corrected chi connectivity index (χ3v) is 5.11. The van der Waals surface area contributed by atoms with Gasteiger partial charge >= 0.3 is 5.97 Å². The SMILES string of the molecule is Cc1ccc(C2(c3ccccc3)OCc3c2cnc(C)c3OCC(=O)O)cc1. The third kappa shape index (κ3) is 2.94. The first-order chi connectivity index (χ1) is 13.5. The summed E-state index contributed by atoms with van der Waals surface area (Å²) in [4.78, 5) is 15.5. The predicted molar refractivity (Wildman–Crippen MR) is 104 cm³/mol. The Morgan fingerprint density at radius 2 is 1.79 bits per heavy atom. The van der Waals surface area contributed by atoms with Gasteiger partial charge in [0.1, 0.15) is 11.4 Å². The van der Waals surface area contributed by atoms with Crippen LogP contribution in [-0.4, -0.2) is 22.7 Å². The molecular weight excluding hydrogens is 354 g/mol. The number of aryl methyl sites for hydroxylation is 2. The van der Waals surface area contributed by atoms with Crippen LogP contribution in [0.5, 0.6) is 5.75 Å². The molecule has 0 radical (unpaired) electrons. The smallest absolute Gasteiger partial charge is 0.341 e. The zero-order valence-corrected chi connectivity index (χ0v) is 15.8. The number of ether oxygens (including phenoxy) is 2. The van der Waals surface area contributed by atoms with E-state index in [0.717, 1.165) is 27.8 Å². The summed E-state index contributed by atoms with van der Waals surface area (Å²) >= 11 is 0. The minimum atomic E-state index is -1.02. The van der Waals surface area contributed by atoms with Crippen molar-refractivity contribution in [1.82, 2.24) is 4.98 Å². The molecule has 2 heterocycles. The lowest BCUT2D eigenvalue weighted by Gasteiger charge is -2.31. The third-order valence-electron chi connectivity index (χ3n) is 5.11. The van der Waals surface area contributed by atoms with Gasteiger partial charge in [-0.2, -0.15) is 0 Å². The molecule has 0 aliphatic carbocycles. The molecule has 1 N–H and O–H groups in total. The van der Waals surface area contributed by atoms with Crippen LogP contribution in [0.4, 0.5) is 0 Å². The van der Waals surface area contributed by atoms with E-state index in [0.29, 0.717) is 18.1 Å². The quantitative estimate of drug-likeness (QED) is 0.730. The minimum Gasteiger partial charge on any atom is -0.480 e. The Kier molecular flexibility index (Phi) is 4.61. The number of carbonyl (C=O) groups is 1. The van der Waals surface area contributed by atoms with Gasteiger partial charge in [-0.15, -0.1) is 0 Å². The summed E-state index contributed by atoms with van der Waals surface area (Å²) in [7, 11) is 0. The van der Waals surface area contributed by atoms with Crippen molar-refractivity contribution in [3.8, 4) is 5.75 Å². The largest absolute Gasteiger partial charge is 0.480 e. The molecule has 1 aliphatic rings. The molecule has 5 heteroatoms. The molecule has 28 heavy (non-hydrogen) atoms. The van der Waals surface area contributed by atoms with Crippen LogP contribution in [0.2, 0.25) is 0 Å². The van der Waals surface area contributed by atoms with Crippen molar-refractivity contribution in [3.05, 3.63) is 94.3 Å². The molecule has 0 amide bonds. The fourth-order valence-corrected chi connectivity index (χ4v) is 3.77. The first kappa shape index (κ1) is 18.2. The number of pyridine rings is 1. The van der Waals surface area contributed by atoms with Crippen LogP contribution in [0, 0.1) is 13.8 Å². The number of hydrogen-bond donors (Lipinski definition) is 1. The number of fused-ring (bicyclic) bond motifs is 1. The summed E-state index contributed by atoms with van der Waals surface area (Å²) in [6.07, 6.45) is 1.82. The molecule has 0 fully saturated rings. The lowest BCUT2D eigenvalue weighted by atomic mass is 9.80. The van der Waals surface area contributed by atoms with Crippen LogP contribution in [0.25, 0.3) is 0 Å². The molecule has 1 aromatic heterocycles. The molecular formula is C23H21NO4. The highest BCUT2D eigenvalue weighted by atomic mass is 16.5. The van der Waals surface area contributed by atoms with Crippen molar-refractivity contribution in [2.24, 2.45) is 0 Å². The molecule has 0 spiro atoms. The molecule has 1 atom stereocenters. The highest BCUT2D eigenvalue weighted by Gasteiger charge is 2.45. The Balaban J connectivity index is 1.93. The standard InChI is InChI=1S/C23H21NO4/c1-15-8-10-18(11-9-15)23(17-6-4-3-5-7-17)20-12-24-16(2)22(19(20)13-28-23)27-14-21(25)26/h3-12H,13-14H2,1-2H3,(H,25,26). The van der Waals surface area contributed by atoms with E-state index < -0.39 is 18.2 Å². The molecule has 142 valence electrons. The molecule has 1 unspecified atom stereocenters. The van der Waals surface area contributed by atoms with Crippen LogP contribution in [0.1, 0.15) is 33.5 Å². The summed E-state index contributed by atoms with van der Waals surface area (Å²) in [5, 5.41) is 9.02. The molecule has 0 saturated carbocycles. The molecule has 1 aliphatic heterocycles. The number of aromatic nitrogens is 1. The number of carboxylic acids is 1. The molecule has 0 bridgehead atoms. The summed E-state index contributed by atoms with van der Waals surface area (Å²) < 4.78 is 12.0. The number of rotatable bonds is 5. The van der Waals surface area contributed by atoms with Crippen molar-refractivity contribution >= 4 is 5.97 Å². The number of carboxylic acid groups (broad SMARTS) is 1. The molecule has 2 aromatic carbocycles. The average molecular weight is 375 g/mol. The van der Waals surface area contributed by atoms with Crippen molar-refractivity contribution < 1.29 is 19.4 Å². The molecule has 3 aromatic rings. The van der Waals surface area contributed by atoms with Gasteiger partial charge in [0.25, 0.3) is 0 Å². The maximum Gasteiger partial charge on any atom is 0.341 e. The van der Waals surface area contributed by atoms with Gasteiger partial charge in [0.15, 0.2) is 6.61 Å². The summed E-state index contributed by atoms with van der Waals surface area (Å²) in [6, 6.07) is 18.3. The fraction of sp³-hybridized carbons (Fsp3) is 0.217. The minimum absolute atomic E-state index is 0.316. The van der Waals surface area contributed by atoms with Gasteiger partial charge in [0.2, 0.25) is 0 Å². The highest BCUT2D eigenvalue weighted by molar-refractivity contribution is 5.69. The Morgan fingerprint density at radius 3 is 2.46 bits per heavy atom. The van der Waals surface area contributed by atoms with Gasteiger partial charge in [-0.1, -0.05) is 60.2 Å². The van der Waals surface area contributed by atoms with Crippen LogP contribution < -0.4 is 4.74 Å². The van der Waals surface area contributed by atoms with Gasteiger partial charge < -0.3 is 14.6 Å². The lowest BCUT2D eigenvalue weighted by Crippen LogP contribution is -2.28. The topological polar surface area (TPSA) is 68.7 Å². The Bertz CT molecular complexity index is 1010. The van der Waals surface area contributed by atoms with Crippen molar-refractivity contribution in [1.29, 1.82) is 0 Å². The maximum absolute atomic E-state index is 11.0. The Hall–Kier alpha value is -3.18. The second-order valence-electron chi connectivity index (χ2n) is 6.95. The van der Waals surface area contributed by atoms with Crippen molar-refractivity contribution in [3.63, 3.8) is 0 Å². The van der Waals surface area contributed by atoms with Gasteiger partial charge in [0.05, 0.1) is 12.3 Å². The number of hydrogen-bond acceptors (Lipinski definition) is 4. The number of benzene rings is 2. The van der Waals surface area contributed by atoms with E-state index in [-0.39, 0.29) is 0 Å². The average Bonchev–Trinajstić information content (AvgIpc) is 3.09. The van der Waals surface area contributed by atoms with E-state index in [1.807, 2.05) is 50.4 Å². The highest BCUT2D eigenvalue weighted by Crippen LogP contribution is 2.49. The zero-order chi connectivity index (χ0) is 19.7. The fourth-order valence-electron chi connectivity index (χ4n) is 3.77. The Morgan fingerprint density at radius 1 is 1.11 bits per heavy atom. The number of nitrogens with zero attached hydrogens (tertiary/aromatic N) is 1. The second-order valence-corrected chi connectivity index (χ2v) is 6.95. The zero-order valence-electron chi connectivity index (χ0n) is 15.8. The first-order valence-electron chi connectivity index (χ1n) is 9.12. The van der Waals surface area contributed by atoms with Crippen LogP contribution in [-0.2, 0) is 21.7 Å². The van der Waals surface area contributed by atoms with E-state index >= 15 is 0 Å². The van der Waals surface area contributed by atoms with E-state index in [1.54, 1.807) is 0 Å². The van der Waals surface area contributed by atoms with Crippen LogP contribution >= 0.6 is 0 Å². The summed E-state index contributed by atoms with van der Waals surface area (Å²) in [5.74, 6) is -0.534. The molecule has 4 rings (SSSR count). The molecule has 0 saturated heterocycles. The van der Waals surface area contributed by atoms with Gasteiger partial charge in [-0.25, -0.2) is 4.79 Å². The van der Waals surface area contributed by atoms with Gasteiger partial charge in [-0.05, 0) is 25.0 Å². The summed E-state index contributed by atoms with van der Waals surface area (Å²) in [5.41, 5.74) is 4.72. The van der Waals surface area contributed by atoms with Crippen LogP contribution in [0.15, 0.2) is 60.8 Å². The van der Waals surface area contributed by atoms with E-state index in [1.165, 1.54) is 0 Å². The second kappa shape index (κ2) is 7.09. The first-order valence-corrected chi connectivity index (χ1v) is 9.12. The van der Waals surface area contributed by atoms with E-state index in [4.69, 9.17) is 14.6 Å². The molecule has 5 nitrogen and oxygen atoms in total. The number of aliphatic carboxylic acids is 1. The summed E-state index contributed by atoms with van der Waals surface area (Å²) in [6.45, 7) is 3.76. The van der Waals surface area contributed by atoms with E-state index in [9.17, 15) is 4.79 Å². The normalized spacial score (nSPS) is 17.9. The van der Waals surface area contributed by atoms with Crippen molar-refractivity contribution in [2.45, 2.75) is 26.1 Å². The Labute approximate surface area is 163 Å². The monoisotopic (exact) mass is 375 g/mol. The van der Waals surface area contributed by atoms with Crippen LogP contribution in [0.3, 0.4) is 0 Å². The maximum atomic E-state index is 11.0.